The van der Waals surface area contributed by atoms with Gasteiger partial charge in [-0.15, -0.1) is 0 Å². The van der Waals surface area contributed by atoms with Gasteiger partial charge in [0.15, 0.2) is 0 Å². The number of benzene rings is 1. The first kappa shape index (κ1) is 12.7. The number of nitrogens with one attached hydrogen (secondary N) is 1. The molecule has 1 aromatic carbocycles. The molecule has 4 heteroatoms. The fourth-order valence-corrected chi connectivity index (χ4v) is 2.43. The summed E-state index contributed by atoms with van der Waals surface area (Å²) in [6.45, 7) is 3.92. The Hall–Kier alpha value is -1.32. The first-order valence-electron chi connectivity index (χ1n) is 6.81. The second-order valence-corrected chi connectivity index (χ2v) is 5.43. The number of rotatable bonds is 5. The summed E-state index contributed by atoms with van der Waals surface area (Å²) < 4.78 is 2.15. The zero-order valence-corrected chi connectivity index (χ0v) is 11.8. The Bertz CT molecular complexity index is 573. The van der Waals surface area contributed by atoms with Crippen LogP contribution >= 0.6 is 11.6 Å². The predicted octanol–water partition coefficient (Wildman–Crippen LogP) is 3.48. The second kappa shape index (κ2) is 5.35. The molecule has 0 spiro atoms. The van der Waals surface area contributed by atoms with Crippen LogP contribution in [0.2, 0.25) is 5.02 Å². The normalized spacial score (nSPS) is 14.8. The summed E-state index contributed by atoms with van der Waals surface area (Å²) in [6, 6.07) is 6.77. The highest BCUT2D eigenvalue weighted by molar-refractivity contribution is 6.30. The van der Waals surface area contributed by atoms with Gasteiger partial charge in [0.25, 0.3) is 0 Å². The molecule has 1 heterocycles. The van der Waals surface area contributed by atoms with Crippen LogP contribution in [0.5, 0.6) is 0 Å². The van der Waals surface area contributed by atoms with Crippen LogP contribution in [0.1, 0.15) is 25.3 Å². The van der Waals surface area contributed by atoms with E-state index in [0.717, 1.165) is 29.5 Å². The van der Waals surface area contributed by atoms with Crippen molar-refractivity contribution in [3.8, 4) is 11.4 Å². The minimum Gasteiger partial charge on any atom is -0.331 e. The Kier molecular flexibility index (Phi) is 3.58. The molecule has 0 saturated heterocycles. The van der Waals surface area contributed by atoms with E-state index in [9.17, 15) is 0 Å². The first-order valence-corrected chi connectivity index (χ1v) is 7.19. The van der Waals surface area contributed by atoms with Crippen molar-refractivity contribution in [1.82, 2.24) is 14.9 Å². The molecular weight excluding hydrogens is 258 g/mol. The molecule has 1 aromatic heterocycles. The van der Waals surface area contributed by atoms with Gasteiger partial charge in [0.05, 0.1) is 0 Å². The van der Waals surface area contributed by atoms with E-state index < -0.39 is 0 Å². The van der Waals surface area contributed by atoms with Crippen LogP contribution in [0.4, 0.5) is 0 Å². The van der Waals surface area contributed by atoms with Gasteiger partial charge >= 0.3 is 0 Å². The monoisotopic (exact) mass is 275 g/mol. The van der Waals surface area contributed by atoms with Crippen LogP contribution in [0.3, 0.4) is 0 Å². The highest BCUT2D eigenvalue weighted by Gasteiger charge is 2.21. The number of halogens is 1. The van der Waals surface area contributed by atoms with Crippen LogP contribution in [-0.2, 0) is 13.1 Å². The molecule has 0 aliphatic heterocycles. The number of hydrogen-bond acceptors (Lipinski definition) is 2. The molecule has 0 radical (unpaired) electrons. The lowest BCUT2D eigenvalue weighted by atomic mass is 10.1. The van der Waals surface area contributed by atoms with Crippen molar-refractivity contribution < 1.29 is 0 Å². The van der Waals surface area contributed by atoms with Crippen LogP contribution in [0.15, 0.2) is 30.6 Å². The van der Waals surface area contributed by atoms with E-state index in [0.29, 0.717) is 6.04 Å². The van der Waals surface area contributed by atoms with Gasteiger partial charge in [-0.2, -0.15) is 0 Å². The first-order chi connectivity index (χ1) is 9.28. The summed E-state index contributed by atoms with van der Waals surface area (Å²) in [6.07, 6.45) is 6.45. The van der Waals surface area contributed by atoms with E-state index in [4.69, 9.17) is 11.6 Å². The highest BCUT2D eigenvalue weighted by Crippen LogP contribution is 2.27. The number of hydrogen-bond donors (Lipinski definition) is 1. The summed E-state index contributed by atoms with van der Waals surface area (Å²) in [4.78, 5) is 4.48. The maximum absolute atomic E-state index is 6.15. The van der Waals surface area contributed by atoms with Gasteiger partial charge in [0, 0.05) is 42.1 Å². The van der Waals surface area contributed by atoms with Gasteiger partial charge in [0.2, 0.25) is 0 Å². The van der Waals surface area contributed by atoms with E-state index in [-0.39, 0.29) is 0 Å². The minimum absolute atomic E-state index is 0.703. The maximum Gasteiger partial charge on any atom is 0.140 e. The minimum atomic E-state index is 0.703. The molecule has 2 aromatic rings. The van der Waals surface area contributed by atoms with Crippen LogP contribution in [0, 0.1) is 0 Å². The SMILES string of the molecule is CCn1ccnc1-c1cc(Cl)ccc1CNC1CC1. The summed E-state index contributed by atoms with van der Waals surface area (Å²) in [5.41, 5.74) is 2.39. The van der Waals surface area contributed by atoms with E-state index in [1.54, 1.807) is 0 Å². The van der Waals surface area contributed by atoms with Gasteiger partial charge in [0.1, 0.15) is 5.82 Å². The molecule has 19 heavy (non-hydrogen) atoms. The summed E-state index contributed by atoms with van der Waals surface area (Å²) in [7, 11) is 0. The van der Waals surface area contributed by atoms with Crippen molar-refractivity contribution in [1.29, 1.82) is 0 Å². The Morgan fingerprint density at radius 1 is 1.42 bits per heavy atom. The van der Waals surface area contributed by atoms with Crippen molar-refractivity contribution >= 4 is 11.6 Å². The van der Waals surface area contributed by atoms with Crippen molar-refractivity contribution in [2.45, 2.75) is 38.9 Å². The van der Waals surface area contributed by atoms with Crippen molar-refractivity contribution in [3.63, 3.8) is 0 Å². The average molecular weight is 276 g/mol. The summed E-state index contributed by atoms with van der Waals surface area (Å²) in [5.74, 6) is 0.998. The number of aromatic nitrogens is 2. The molecule has 0 unspecified atom stereocenters. The van der Waals surface area contributed by atoms with Gasteiger partial charge in [-0.3, -0.25) is 0 Å². The van der Waals surface area contributed by atoms with Gasteiger partial charge in [-0.1, -0.05) is 17.7 Å². The fourth-order valence-electron chi connectivity index (χ4n) is 2.26. The molecular formula is C15H18ClN3. The topological polar surface area (TPSA) is 29.9 Å². The van der Waals surface area contributed by atoms with Crippen molar-refractivity contribution in [3.05, 3.63) is 41.2 Å². The van der Waals surface area contributed by atoms with Crippen LogP contribution in [-0.4, -0.2) is 15.6 Å². The molecule has 0 atom stereocenters. The predicted molar refractivity (Wildman–Crippen MR) is 78.2 cm³/mol. The van der Waals surface area contributed by atoms with Gasteiger partial charge < -0.3 is 9.88 Å². The highest BCUT2D eigenvalue weighted by atomic mass is 35.5. The molecule has 0 amide bonds. The van der Waals surface area contributed by atoms with E-state index in [2.05, 4.69) is 27.9 Å². The van der Waals surface area contributed by atoms with Crippen LogP contribution in [0.25, 0.3) is 11.4 Å². The lowest BCUT2D eigenvalue weighted by Crippen LogP contribution is -2.16. The third kappa shape index (κ3) is 2.82. The summed E-state index contributed by atoms with van der Waals surface area (Å²) >= 11 is 6.15. The molecule has 1 saturated carbocycles. The standard InChI is InChI=1S/C15H18ClN3/c1-2-19-8-7-17-15(19)14-9-12(16)4-3-11(14)10-18-13-5-6-13/h3-4,7-9,13,18H,2,5-6,10H2,1H3. The van der Waals surface area contributed by atoms with E-state index >= 15 is 0 Å². The Morgan fingerprint density at radius 3 is 3.00 bits per heavy atom. The van der Waals surface area contributed by atoms with Gasteiger partial charge in [-0.05, 0) is 37.5 Å². The number of nitrogens with zero attached hydrogens (tertiary/aromatic N) is 2. The number of aryl methyl sites for hydroxylation is 1. The third-order valence-electron chi connectivity index (χ3n) is 3.53. The number of imidazole rings is 1. The molecule has 1 fully saturated rings. The lowest BCUT2D eigenvalue weighted by molar-refractivity contribution is 0.687. The van der Waals surface area contributed by atoms with E-state index in [1.807, 2.05) is 24.5 Å². The van der Waals surface area contributed by atoms with Crippen LogP contribution < -0.4 is 5.32 Å². The van der Waals surface area contributed by atoms with E-state index in [1.165, 1.54) is 18.4 Å². The zero-order chi connectivity index (χ0) is 13.2. The largest absolute Gasteiger partial charge is 0.331 e. The molecule has 0 bridgehead atoms. The average Bonchev–Trinajstić information content (AvgIpc) is 3.12. The maximum atomic E-state index is 6.15. The molecule has 1 aliphatic rings. The molecule has 3 rings (SSSR count). The molecule has 100 valence electrons. The second-order valence-electron chi connectivity index (χ2n) is 4.99. The lowest BCUT2D eigenvalue weighted by Gasteiger charge is -2.12. The van der Waals surface area contributed by atoms with Gasteiger partial charge in [-0.25, -0.2) is 4.98 Å². The van der Waals surface area contributed by atoms with Crippen molar-refractivity contribution in [2.75, 3.05) is 0 Å². The Balaban J connectivity index is 1.94. The smallest absolute Gasteiger partial charge is 0.140 e. The molecule has 1 aliphatic carbocycles. The fraction of sp³-hybridized carbons (Fsp3) is 0.400. The summed E-state index contributed by atoms with van der Waals surface area (Å²) in [5, 5.41) is 4.31. The molecule has 1 N–H and O–H groups in total. The Labute approximate surface area is 118 Å². The Morgan fingerprint density at radius 2 is 2.26 bits per heavy atom. The quantitative estimate of drug-likeness (QED) is 0.905. The third-order valence-corrected chi connectivity index (χ3v) is 3.76. The zero-order valence-electron chi connectivity index (χ0n) is 11.1. The molecule has 3 nitrogen and oxygen atoms in total. The van der Waals surface area contributed by atoms with Crippen molar-refractivity contribution in [2.24, 2.45) is 0 Å².